The van der Waals surface area contributed by atoms with Gasteiger partial charge in [-0.25, -0.2) is 0 Å². The van der Waals surface area contributed by atoms with Gasteiger partial charge in [-0.15, -0.1) is 0 Å². The van der Waals surface area contributed by atoms with Crippen molar-refractivity contribution in [2.24, 2.45) is 23.7 Å². The zero-order valence-electron chi connectivity index (χ0n) is 11.9. The monoisotopic (exact) mass is 273 g/mol. The van der Waals surface area contributed by atoms with Crippen LogP contribution in [0.2, 0.25) is 0 Å². The Balaban J connectivity index is 1.38. The lowest BCUT2D eigenvalue weighted by Crippen LogP contribution is -2.18. The largest absolute Gasteiger partial charge is 0.338 e. The van der Waals surface area contributed by atoms with E-state index in [4.69, 9.17) is 9.51 Å². The Morgan fingerprint density at radius 3 is 2.90 bits per heavy atom. The van der Waals surface area contributed by atoms with Gasteiger partial charge in [-0.2, -0.15) is 4.98 Å². The fraction of sp³-hybridized carbons (Fsp3) is 0.875. The van der Waals surface area contributed by atoms with Gasteiger partial charge >= 0.3 is 0 Å². The van der Waals surface area contributed by atoms with Gasteiger partial charge in [0, 0.05) is 5.92 Å². The molecule has 20 heavy (non-hydrogen) atoms. The Bertz CT molecular complexity index is 514. The minimum absolute atomic E-state index is 0.336. The first-order valence-electron chi connectivity index (χ1n) is 8.45. The van der Waals surface area contributed by atoms with Crippen LogP contribution in [0.1, 0.15) is 68.6 Å². The minimum Gasteiger partial charge on any atom is -0.338 e. The van der Waals surface area contributed by atoms with Crippen LogP contribution in [0.5, 0.6) is 0 Å². The van der Waals surface area contributed by atoms with Gasteiger partial charge < -0.3 is 9.84 Å². The lowest BCUT2D eigenvalue weighted by molar-refractivity contribution is 0.297. The third-order valence-corrected chi connectivity index (χ3v) is 6.54. The van der Waals surface area contributed by atoms with Gasteiger partial charge in [-0.1, -0.05) is 18.0 Å². The van der Waals surface area contributed by atoms with Gasteiger partial charge in [0.15, 0.2) is 5.82 Å². The van der Waals surface area contributed by atoms with Crippen LogP contribution in [-0.2, 0) is 0 Å². The summed E-state index contributed by atoms with van der Waals surface area (Å²) in [5, 5.41) is 7.97. The first-order chi connectivity index (χ1) is 9.88. The van der Waals surface area contributed by atoms with E-state index in [0.717, 1.165) is 41.9 Å². The van der Waals surface area contributed by atoms with Crippen molar-refractivity contribution in [3.63, 3.8) is 0 Å². The molecule has 4 nitrogen and oxygen atoms in total. The minimum atomic E-state index is 0.336. The Kier molecular flexibility index (Phi) is 2.52. The van der Waals surface area contributed by atoms with Gasteiger partial charge in [0.2, 0.25) is 5.89 Å². The predicted octanol–water partition coefficient (Wildman–Crippen LogP) is 3.03. The van der Waals surface area contributed by atoms with Crippen molar-refractivity contribution in [1.82, 2.24) is 15.5 Å². The zero-order chi connectivity index (χ0) is 13.1. The molecule has 4 fully saturated rings. The number of fused-ring (bicyclic) bond motifs is 3. The highest BCUT2D eigenvalue weighted by molar-refractivity contribution is 5.09. The predicted molar refractivity (Wildman–Crippen MR) is 74.1 cm³/mol. The standard InChI is InChI=1S/C16H23N3O/c1-2-11-8-17-14(12(11)3-1)16-18-15(19-20-16)13-7-9-4-5-10(13)6-9/h9-14,17H,1-8H2. The molecule has 5 rings (SSSR count). The van der Waals surface area contributed by atoms with Crippen molar-refractivity contribution < 1.29 is 4.52 Å². The molecule has 1 aromatic rings. The molecule has 3 saturated carbocycles. The SMILES string of the molecule is C1CC2CNC(c3nc(C4CC5CCC4C5)no3)C2C1. The summed E-state index contributed by atoms with van der Waals surface area (Å²) in [6.07, 6.45) is 9.59. The van der Waals surface area contributed by atoms with Crippen LogP contribution in [0.25, 0.3) is 0 Å². The summed E-state index contributed by atoms with van der Waals surface area (Å²) in [6.45, 7) is 1.14. The molecule has 6 unspecified atom stereocenters. The third-order valence-electron chi connectivity index (χ3n) is 6.54. The highest BCUT2D eigenvalue weighted by Gasteiger charge is 2.45. The summed E-state index contributed by atoms with van der Waals surface area (Å²) < 4.78 is 5.65. The van der Waals surface area contributed by atoms with E-state index in [-0.39, 0.29) is 0 Å². The van der Waals surface area contributed by atoms with Crippen LogP contribution in [0.15, 0.2) is 4.52 Å². The quantitative estimate of drug-likeness (QED) is 0.900. The highest BCUT2D eigenvalue weighted by atomic mass is 16.5. The maximum atomic E-state index is 5.65. The summed E-state index contributed by atoms with van der Waals surface area (Å²) in [4.78, 5) is 4.81. The topological polar surface area (TPSA) is 51.0 Å². The summed E-state index contributed by atoms with van der Waals surface area (Å²) >= 11 is 0. The molecule has 2 bridgehead atoms. The maximum absolute atomic E-state index is 5.65. The third kappa shape index (κ3) is 1.63. The first kappa shape index (κ1) is 11.7. The lowest BCUT2D eigenvalue weighted by atomic mass is 9.88. The van der Waals surface area contributed by atoms with E-state index in [1.54, 1.807) is 0 Å². The molecule has 1 aromatic heterocycles. The zero-order valence-corrected chi connectivity index (χ0v) is 11.9. The molecule has 1 saturated heterocycles. The summed E-state index contributed by atoms with van der Waals surface area (Å²) in [5.74, 6) is 5.83. The molecule has 1 N–H and O–H groups in total. The van der Waals surface area contributed by atoms with Crippen LogP contribution in [0.4, 0.5) is 0 Å². The average Bonchev–Trinajstić information content (AvgIpc) is 3.22. The Morgan fingerprint density at radius 1 is 1.05 bits per heavy atom. The van der Waals surface area contributed by atoms with E-state index in [2.05, 4.69) is 10.5 Å². The molecular formula is C16H23N3O. The molecule has 0 spiro atoms. The average molecular weight is 273 g/mol. The van der Waals surface area contributed by atoms with Crippen LogP contribution in [0, 0.1) is 23.7 Å². The number of hydrogen-bond donors (Lipinski definition) is 1. The fourth-order valence-corrected chi connectivity index (χ4v) is 5.54. The summed E-state index contributed by atoms with van der Waals surface area (Å²) in [5.41, 5.74) is 0. The van der Waals surface area contributed by atoms with Gasteiger partial charge in [-0.05, 0) is 62.3 Å². The molecule has 108 valence electrons. The van der Waals surface area contributed by atoms with Crippen LogP contribution >= 0.6 is 0 Å². The molecule has 4 heteroatoms. The van der Waals surface area contributed by atoms with Gasteiger partial charge in [0.25, 0.3) is 0 Å². The number of rotatable bonds is 2. The van der Waals surface area contributed by atoms with Crippen molar-refractivity contribution in [2.45, 2.75) is 56.9 Å². The molecule has 0 amide bonds. The number of hydrogen-bond acceptors (Lipinski definition) is 4. The molecular weight excluding hydrogens is 250 g/mol. The van der Waals surface area contributed by atoms with Crippen molar-refractivity contribution in [3.05, 3.63) is 11.7 Å². The van der Waals surface area contributed by atoms with Gasteiger partial charge in [0.1, 0.15) is 0 Å². The Hall–Kier alpha value is -0.900. The second-order valence-electron chi connectivity index (χ2n) is 7.51. The molecule has 1 aliphatic heterocycles. The number of aromatic nitrogens is 2. The van der Waals surface area contributed by atoms with E-state index in [9.17, 15) is 0 Å². The van der Waals surface area contributed by atoms with Crippen LogP contribution < -0.4 is 5.32 Å². The van der Waals surface area contributed by atoms with E-state index in [0.29, 0.717) is 12.0 Å². The van der Waals surface area contributed by atoms with E-state index < -0.39 is 0 Å². The molecule has 4 aliphatic rings. The van der Waals surface area contributed by atoms with Crippen LogP contribution in [0.3, 0.4) is 0 Å². The number of nitrogens with zero attached hydrogens (tertiary/aromatic N) is 2. The van der Waals surface area contributed by atoms with Crippen LogP contribution in [-0.4, -0.2) is 16.7 Å². The maximum Gasteiger partial charge on any atom is 0.244 e. The van der Waals surface area contributed by atoms with Gasteiger partial charge in [0.05, 0.1) is 6.04 Å². The molecule has 0 aromatic carbocycles. The Morgan fingerprint density at radius 2 is 2.05 bits per heavy atom. The van der Waals surface area contributed by atoms with Crippen molar-refractivity contribution in [2.75, 3.05) is 6.54 Å². The summed E-state index contributed by atoms with van der Waals surface area (Å²) in [7, 11) is 0. The van der Waals surface area contributed by atoms with E-state index >= 15 is 0 Å². The normalized spacial score (nSPS) is 46.2. The lowest BCUT2D eigenvalue weighted by Gasteiger charge is -2.17. The molecule has 3 aliphatic carbocycles. The van der Waals surface area contributed by atoms with Crippen molar-refractivity contribution >= 4 is 0 Å². The smallest absolute Gasteiger partial charge is 0.244 e. The van der Waals surface area contributed by atoms with Crippen molar-refractivity contribution in [1.29, 1.82) is 0 Å². The van der Waals surface area contributed by atoms with Crippen molar-refractivity contribution in [3.8, 4) is 0 Å². The highest BCUT2D eigenvalue weighted by Crippen LogP contribution is 2.52. The Labute approximate surface area is 119 Å². The molecule has 2 heterocycles. The molecule has 0 radical (unpaired) electrons. The molecule has 6 atom stereocenters. The second kappa shape index (κ2) is 4.30. The fourth-order valence-electron chi connectivity index (χ4n) is 5.54. The number of nitrogens with one attached hydrogen (secondary N) is 1. The summed E-state index contributed by atoms with van der Waals surface area (Å²) in [6, 6.07) is 0.336. The first-order valence-corrected chi connectivity index (χ1v) is 8.45. The van der Waals surface area contributed by atoms with E-state index in [1.165, 1.54) is 44.9 Å². The van der Waals surface area contributed by atoms with Gasteiger partial charge in [-0.3, -0.25) is 0 Å². The van der Waals surface area contributed by atoms with E-state index in [1.807, 2.05) is 0 Å². The second-order valence-corrected chi connectivity index (χ2v) is 7.51.